The molecule has 228 valence electrons. The molecule has 1 aromatic carbocycles. The first-order valence-corrected chi connectivity index (χ1v) is 15.8. The maximum absolute atomic E-state index is 14.0. The zero-order chi connectivity index (χ0) is 30.2. The van der Waals surface area contributed by atoms with Crippen molar-refractivity contribution in [1.82, 2.24) is 0 Å². The number of benzene rings is 1. The Morgan fingerprint density at radius 1 is 1.14 bits per heavy atom. The summed E-state index contributed by atoms with van der Waals surface area (Å²) in [4.78, 5) is 39.5. The zero-order valence-corrected chi connectivity index (χ0v) is 25.3. The lowest BCUT2D eigenvalue weighted by Crippen LogP contribution is -2.51. The summed E-state index contributed by atoms with van der Waals surface area (Å²) in [7, 11) is 0. The molecule has 0 radical (unpaired) electrons. The predicted molar refractivity (Wildman–Crippen MR) is 163 cm³/mol. The van der Waals surface area contributed by atoms with Gasteiger partial charge in [0.1, 0.15) is 12.6 Å². The first kappa shape index (κ1) is 29.8. The molecule has 0 amide bonds. The monoisotopic (exact) mass is 586 g/mol. The van der Waals surface area contributed by atoms with E-state index in [1.54, 1.807) is 0 Å². The molecule has 6 atom stereocenters. The first-order chi connectivity index (χ1) is 20.8. The Bertz CT molecular complexity index is 1400. The lowest BCUT2D eigenvalue weighted by atomic mass is 9.48. The molecule has 0 spiro atoms. The number of carbonyl (C=O) groups is 2. The second kappa shape index (κ2) is 12.0. The number of anilines is 1. The van der Waals surface area contributed by atoms with Gasteiger partial charge in [-0.2, -0.15) is 4.91 Å². The van der Waals surface area contributed by atoms with Gasteiger partial charge >= 0.3 is 5.97 Å². The van der Waals surface area contributed by atoms with Gasteiger partial charge < -0.3 is 19.5 Å². The fourth-order valence-electron chi connectivity index (χ4n) is 9.14. The van der Waals surface area contributed by atoms with E-state index in [-0.39, 0.29) is 42.8 Å². The largest absolute Gasteiger partial charge is 0.458 e. The van der Waals surface area contributed by atoms with Gasteiger partial charge in [0.2, 0.25) is 0 Å². The molecule has 8 nitrogen and oxygen atoms in total. The van der Waals surface area contributed by atoms with Crippen LogP contribution in [0.1, 0.15) is 70.3 Å². The van der Waals surface area contributed by atoms with Gasteiger partial charge in [0.15, 0.2) is 12.4 Å². The van der Waals surface area contributed by atoms with Crippen molar-refractivity contribution in [3.05, 3.63) is 57.5 Å². The number of ketones is 1. The maximum Gasteiger partial charge on any atom is 0.303 e. The van der Waals surface area contributed by atoms with Crippen LogP contribution in [0.3, 0.4) is 0 Å². The van der Waals surface area contributed by atoms with Crippen LogP contribution in [0.5, 0.6) is 0 Å². The van der Waals surface area contributed by atoms with Crippen LogP contribution in [0.25, 0.3) is 0 Å². The average molecular weight is 587 g/mol. The van der Waals surface area contributed by atoms with Gasteiger partial charge in [-0.25, -0.2) is 0 Å². The van der Waals surface area contributed by atoms with Crippen LogP contribution in [-0.4, -0.2) is 62.4 Å². The smallest absolute Gasteiger partial charge is 0.303 e. The number of fused-ring (bicyclic) bond motifs is 4. The predicted octanol–water partition coefficient (Wildman–Crippen LogP) is 5.10. The third-order valence-corrected chi connectivity index (χ3v) is 11.1. The molecule has 0 aromatic heterocycles. The molecular weight excluding hydrogens is 544 g/mol. The van der Waals surface area contributed by atoms with Gasteiger partial charge in [-0.15, -0.1) is 0 Å². The summed E-state index contributed by atoms with van der Waals surface area (Å²) < 4.78 is 10.8. The topological polar surface area (TPSA) is 106 Å². The summed E-state index contributed by atoms with van der Waals surface area (Å²) >= 11 is 0. The molecule has 1 aromatic rings. The van der Waals surface area contributed by atoms with Crippen molar-refractivity contribution < 1.29 is 24.2 Å². The van der Waals surface area contributed by atoms with Crippen LogP contribution in [0.15, 0.2) is 52.2 Å². The first-order valence-electron chi connectivity index (χ1n) is 15.8. The molecule has 2 unspecified atom stereocenters. The van der Waals surface area contributed by atoms with Crippen molar-refractivity contribution in [2.45, 2.75) is 70.8 Å². The van der Waals surface area contributed by atoms with Crippen molar-refractivity contribution in [1.29, 1.82) is 0 Å². The highest BCUT2D eigenvalue weighted by Gasteiger charge is 2.65. The van der Waals surface area contributed by atoms with Gasteiger partial charge in [0.25, 0.3) is 0 Å². The molecule has 8 heteroatoms. The van der Waals surface area contributed by atoms with Crippen molar-refractivity contribution in [3.63, 3.8) is 0 Å². The maximum atomic E-state index is 14.0. The van der Waals surface area contributed by atoms with Gasteiger partial charge in [0.05, 0.1) is 18.6 Å². The van der Waals surface area contributed by atoms with E-state index in [0.717, 1.165) is 64.8 Å². The van der Waals surface area contributed by atoms with Crippen LogP contribution < -0.4 is 4.90 Å². The molecule has 1 heterocycles. The fraction of sp³-hybridized carbons (Fsp3) is 0.600. The number of nitrogens with zero attached hydrogens (tertiary/aromatic N) is 2. The number of aliphatic hydroxyl groups excluding tert-OH is 1. The highest BCUT2D eigenvalue weighted by molar-refractivity contribution is 5.91. The lowest BCUT2D eigenvalue weighted by molar-refractivity contribution is -0.150. The summed E-state index contributed by atoms with van der Waals surface area (Å²) in [5.74, 6) is 6.06. The van der Waals surface area contributed by atoms with Crippen molar-refractivity contribution in [2.24, 2.45) is 27.8 Å². The van der Waals surface area contributed by atoms with Crippen molar-refractivity contribution >= 4 is 17.4 Å². The quantitative estimate of drug-likeness (QED) is 0.281. The summed E-state index contributed by atoms with van der Waals surface area (Å²) in [6, 6.07) is 8.65. The summed E-state index contributed by atoms with van der Waals surface area (Å²) in [6.07, 6.45) is 7.71. The summed E-state index contributed by atoms with van der Waals surface area (Å²) in [6.45, 7) is 6.11. The van der Waals surface area contributed by atoms with Gasteiger partial charge in [0, 0.05) is 31.6 Å². The van der Waals surface area contributed by atoms with Crippen molar-refractivity contribution in [2.75, 3.05) is 44.4 Å². The standard InChI is InChI=1S/C35H42N2O6/c1-23(39)43-22-32(40)35(13-3-17-38)14-12-31-29-10-6-25-20-26(36-41)7-11-28(25)33(29)30(21-34(31,35)2)24-4-8-27(9-5-24)37-15-18-42-19-16-37/h4-5,8-9,20,26,29-31,38H,6-7,10-12,14-19,21-22H2,1-2H3/t26?,29-,30?,31-,34-,35+/m0/s1. The molecule has 3 fully saturated rings. The number of nitroso groups, excluding NO2 is 1. The van der Waals surface area contributed by atoms with Crippen LogP contribution in [0.4, 0.5) is 5.69 Å². The molecule has 4 aliphatic carbocycles. The Hall–Kier alpha value is -3.28. The minimum atomic E-state index is -1.01. The Morgan fingerprint density at radius 3 is 2.60 bits per heavy atom. The zero-order valence-electron chi connectivity index (χ0n) is 25.3. The van der Waals surface area contributed by atoms with Crippen LogP contribution in [0.2, 0.25) is 0 Å². The minimum Gasteiger partial charge on any atom is -0.458 e. The second-order valence-corrected chi connectivity index (χ2v) is 13.1. The van der Waals surface area contributed by atoms with Gasteiger partial charge in [-0.1, -0.05) is 47.7 Å². The number of rotatable bonds is 6. The van der Waals surface area contributed by atoms with Gasteiger partial charge in [-0.3, -0.25) is 9.59 Å². The van der Waals surface area contributed by atoms with E-state index in [0.29, 0.717) is 6.42 Å². The van der Waals surface area contributed by atoms with Crippen LogP contribution in [-0.2, 0) is 19.1 Å². The molecule has 0 bridgehead atoms. The Kier molecular flexibility index (Phi) is 8.32. The molecule has 1 aliphatic heterocycles. The number of hydrogen-bond acceptors (Lipinski definition) is 8. The van der Waals surface area contributed by atoms with E-state index in [1.807, 2.05) is 0 Å². The Morgan fingerprint density at radius 2 is 1.91 bits per heavy atom. The lowest BCUT2D eigenvalue weighted by Gasteiger charge is -2.54. The normalized spacial score (nSPS) is 33.3. The number of morpholine rings is 1. The van der Waals surface area contributed by atoms with E-state index in [4.69, 9.17) is 9.47 Å². The number of hydrogen-bond donors (Lipinski definition) is 1. The third-order valence-electron chi connectivity index (χ3n) is 11.1. The fourth-order valence-corrected chi connectivity index (χ4v) is 9.14. The van der Waals surface area contributed by atoms with E-state index in [9.17, 15) is 19.6 Å². The number of allylic oxidation sites excluding steroid dienone is 3. The van der Waals surface area contributed by atoms with Crippen LogP contribution in [0, 0.1) is 39.4 Å². The Balaban J connectivity index is 1.45. The van der Waals surface area contributed by atoms with Crippen LogP contribution >= 0.6 is 0 Å². The van der Waals surface area contributed by atoms with E-state index in [2.05, 4.69) is 59.2 Å². The number of carbonyl (C=O) groups excluding carboxylic acids is 2. The Labute approximate surface area is 253 Å². The average Bonchev–Trinajstić information content (AvgIpc) is 3.34. The van der Waals surface area contributed by atoms with E-state index < -0.39 is 16.8 Å². The molecule has 43 heavy (non-hydrogen) atoms. The molecule has 6 rings (SSSR count). The number of esters is 1. The number of aliphatic hydroxyl groups is 1. The van der Waals surface area contributed by atoms with E-state index >= 15 is 0 Å². The molecule has 1 N–H and O–H groups in total. The number of Topliss-reactive ketones (excluding diaryl/α,β-unsaturated/α-hetero) is 1. The molecule has 5 aliphatic rings. The summed E-state index contributed by atoms with van der Waals surface area (Å²) in [5, 5.41) is 13.1. The summed E-state index contributed by atoms with van der Waals surface area (Å²) in [5.41, 5.74) is 5.07. The SMILES string of the molecule is CC(=O)OCC(=O)[C@@]1(C#CCO)CC[C@H]2[C@@H]3CCC4=CC(N=O)CCC4=C3C(c3ccc(N4CCOCC4)cc3)C[C@@]21C. The molecule has 1 saturated heterocycles. The number of ether oxygens (including phenoxy) is 2. The highest BCUT2D eigenvalue weighted by atomic mass is 16.5. The highest BCUT2D eigenvalue weighted by Crippen LogP contribution is 2.69. The van der Waals surface area contributed by atoms with Gasteiger partial charge in [-0.05, 0) is 91.0 Å². The molecular formula is C35H42N2O6. The van der Waals surface area contributed by atoms with Crippen molar-refractivity contribution in [3.8, 4) is 11.8 Å². The van der Waals surface area contributed by atoms with E-state index in [1.165, 1.54) is 34.9 Å². The molecule has 2 saturated carbocycles. The minimum absolute atomic E-state index is 0.0827. The second-order valence-electron chi connectivity index (χ2n) is 13.1. The third kappa shape index (κ3) is 5.15.